The van der Waals surface area contributed by atoms with Crippen molar-refractivity contribution in [2.75, 3.05) is 6.61 Å². The Morgan fingerprint density at radius 3 is 2.57 bits per heavy atom. The highest BCUT2D eigenvalue weighted by molar-refractivity contribution is 5.81. The molecule has 0 saturated heterocycles. The Balaban J connectivity index is 2.66. The molecule has 0 aromatic rings. The van der Waals surface area contributed by atoms with Crippen molar-refractivity contribution < 1.29 is 14.4 Å². The second kappa shape index (κ2) is 6.34. The van der Waals surface area contributed by atoms with Crippen molar-refractivity contribution in [3.8, 4) is 12.3 Å². The summed E-state index contributed by atoms with van der Waals surface area (Å²) < 4.78 is 5.47. The lowest BCUT2D eigenvalue weighted by atomic mass is 10.1. The number of ether oxygens (including phenoxy) is 1. The molecule has 0 aliphatic heterocycles. The highest BCUT2D eigenvalue weighted by atomic mass is 16.6. The van der Waals surface area contributed by atoms with Gasteiger partial charge in [-0.2, -0.15) is 0 Å². The maximum Gasteiger partial charge on any atom is 0.310 e. The van der Waals surface area contributed by atoms with Gasteiger partial charge in [-0.1, -0.05) is 31.0 Å². The van der Waals surface area contributed by atoms with Crippen molar-refractivity contribution in [1.82, 2.24) is 0 Å². The minimum atomic E-state index is -0.455. The Morgan fingerprint density at radius 2 is 2.05 bits per heavy atom. The molecule has 0 heterocycles. The van der Waals surface area contributed by atoms with Gasteiger partial charge in [0.1, 0.15) is 5.60 Å². The molecule has 0 spiro atoms. The fraction of sp³-hybridized carbons (Fsp3) is 0.647. The summed E-state index contributed by atoms with van der Waals surface area (Å²) in [6, 6.07) is 0. The number of rotatable bonds is 5. The average Bonchev–Trinajstić information content (AvgIpc) is 2.84. The number of carbonyl (C=O) groups is 1. The van der Waals surface area contributed by atoms with E-state index < -0.39 is 5.60 Å². The summed E-state index contributed by atoms with van der Waals surface area (Å²) in [5.41, 5.74) is 0.400. The summed E-state index contributed by atoms with van der Waals surface area (Å²) in [6.07, 6.45) is 8.71. The standard InChI is InChI=1S/C17H25NO3/c1-8-9-20-18-11-12(2)10-13-14(17(13,6)7)15(19)21-16(3,4)5/h1,10-11,13-14H,9H2,2-7H3/b12-10+,18-11+. The fourth-order valence-corrected chi connectivity index (χ4v) is 2.33. The van der Waals surface area contributed by atoms with Crippen molar-refractivity contribution in [3.63, 3.8) is 0 Å². The SMILES string of the molecule is C#CCO/N=C/C(C)=C/C1C(C(=O)OC(C)(C)C)C1(C)C. The maximum absolute atomic E-state index is 12.2. The van der Waals surface area contributed by atoms with Gasteiger partial charge >= 0.3 is 5.97 Å². The molecule has 1 fully saturated rings. The molecule has 0 N–H and O–H groups in total. The van der Waals surface area contributed by atoms with E-state index in [0.717, 1.165) is 5.57 Å². The van der Waals surface area contributed by atoms with Gasteiger partial charge in [-0.05, 0) is 44.6 Å². The van der Waals surface area contributed by atoms with Crippen molar-refractivity contribution in [2.45, 2.75) is 47.1 Å². The first-order valence-corrected chi connectivity index (χ1v) is 7.09. The van der Waals surface area contributed by atoms with Crippen LogP contribution in [-0.2, 0) is 14.4 Å². The van der Waals surface area contributed by atoms with E-state index in [0.29, 0.717) is 0 Å². The third kappa shape index (κ3) is 4.93. The van der Waals surface area contributed by atoms with E-state index in [-0.39, 0.29) is 29.8 Å². The largest absolute Gasteiger partial charge is 0.460 e. The van der Waals surface area contributed by atoms with E-state index in [2.05, 4.69) is 24.9 Å². The summed E-state index contributed by atoms with van der Waals surface area (Å²) in [5, 5.41) is 3.77. The Morgan fingerprint density at radius 1 is 1.43 bits per heavy atom. The van der Waals surface area contributed by atoms with Gasteiger partial charge in [0, 0.05) is 0 Å². The Bertz CT molecular complexity index is 489. The number of allylic oxidation sites excluding steroid dienone is 2. The van der Waals surface area contributed by atoms with Gasteiger partial charge in [0.15, 0.2) is 6.61 Å². The molecule has 0 aromatic carbocycles. The van der Waals surface area contributed by atoms with Gasteiger partial charge in [0.05, 0.1) is 12.1 Å². The molecule has 116 valence electrons. The molecule has 0 amide bonds. The summed E-state index contributed by atoms with van der Waals surface area (Å²) in [5.74, 6) is 2.25. The normalized spacial score (nSPS) is 24.5. The lowest BCUT2D eigenvalue weighted by Gasteiger charge is -2.19. The Kier molecular flexibility index (Phi) is 5.22. The van der Waals surface area contributed by atoms with Crippen LogP contribution in [0.5, 0.6) is 0 Å². The summed E-state index contributed by atoms with van der Waals surface area (Å²) >= 11 is 0. The molecule has 21 heavy (non-hydrogen) atoms. The number of terminal acetylenes is 1. The lowest BCUT2D eigenvalue weighted by molar-refractivity contribution is -0.157. The Hall–Kier alpha value is -1.76. The summed E-state index contributed by atoms with van der Waals surface area (Å²) in [6.45, 7) is 11.9. The molecule has 4 nitrogen and oxygen atoms in total. The van der Waals surface area contributed by atoms with Crippen molar-refractivity contribution in [2.24, 2.45) is 22.4 Å². The molecule has 0 radical (unpaired) electrons. The van der Waals surface area contributed by atoms with Crippen LogP contribution < -0.4 is 0 Å². The van der Waals surface area contributed by atoms with Crippen LogP contribution >= 0.6 is 0 Å². The van der Waals surface area contributed by atoms with Crippen LogP contribution in [0.15, 0.2) is 16.8 Å². The molecular formula is C17H25NO3. The number of hydrogen-bond acceptors (Lipinski definition) is 4. The molecule has 1 saturated carbocycles. The highest BCUT2D eigenvalue weighted by Crippen LogP contribution is 2.60. The Labute approximate surface area is 127 Å². The molecule has 0 bridgehead atoms. The van der Waals surface area contributed by atoms with E-state index in [1.807, 2.05) is 33.8 Å². The van der Waals surface area contributed by atoms with Crippen LogP contribution in [0.2, 0.25) is 0 Å². The van der Waals surface area contributed by atoms with E-state index in [1.54, 1.807) is 6.21 Å². The van der Waals surface area contributed by atoms with Gasteiger partial charge < -0.3 is 9.57 Å². The van der Waals surface area contributed by atoms with Gasteiger partial charge in [0.2, 0.25) is 0 Å². The zero-order valence-corrected chi connectivity index (χ0v) is 13.8. The fourth-order valence-electron chi connectivity index (χ4n) is 2.33. The van der Waals surface area contributed by atoms with Crippen LogP contribution in [-0.4, -0.2) is 24.4 Å². The molecule has 2 unspecified atom stereocenters. The predicted molar refractivity (Wildman–Crippen MR) is 83.6 cm³/mol. The first-order valence-electron chi connectivity index (χ1n) is 7.09. The molecule has 2 atom stereocenters. The third-order valence-corrected chi connectivity index (χ3v) is 3.49. The number of hydrogen-bond donors (Lipinski definition) is 0. The number of nitrogens with zero attached hydrogens (tertiary/aromatic N) is 1. The smallest absolute Gasteiger partial charge is 0.310 e. The zero-order valence-electron chi connectivity index (χ0n) is 13.8. The highest BCUT2D eigenvalue weighted by Gasteiger charge is 2.61. The number of carbonyl (C=O) groups excluding carboxylic acids is 1. The minimum Gasteiger partial charge on any atom is -0.460 e. The molecular weight excluding hydrogens is 266 g/mol. The molecule has 0 aromatic heterocycles. The number of esters is 1. The first-order chi connectivity index (χ1) is 9.59. The van der Waals surface area contributed by atoms with Gasteiger partial charge in [-0.3, -0.25) is 4.79 Å². The monoisotopic (exact) mass is 291 g/mol. The van der Waals surface area contributed by atoms with Crippen molar-refractivity contribution in [3.05, 3.63) is 11.6 Å². The lowest BCUT2D eigenvalue weighted by Crippen LogP contribution is -2.26. The van der Waals surface area contributed by atoms with Crippen LogP contribution in [0.1, 0.15) is 41.5 Å². The second-order valence-electron chi connectivity index (χ2n) is 6.98. The zero-order chi connectivity index (χ0) is 16.3. The van der Waals surface area contributed by atoms with Crippen molar-refractivity contribution >= 4 is 12.2 Å². The maximum atomic E-state index is 12.2. The molecule has 1 rings (SSSR count). The summed E-state index contributed by atoms with van der Waals surface area (Å²) in [4.78, 5) is 17.0. The quantitative estimate of drug-likeness (QED) is 0.257. The third-order valence-electron chi connectivity index (χ3n) is 3.49. The van der Waals surface area contributed by atoms with Crippen LogP contribution in [0, 0.1) is 29.6 Å². The predicted octanol–water partition coefficient (Wildman–Crippen LogP) is 3.18. The molecule has 1 aliphatic carbocycles. The van der Waals surface area contributed by atoms with Crippen molar-refractivity contribution in [1.29, 1.82) is 0 Å². The second-order valence-corrected chi connectivity index (χ2v) is 6.98. The topological polar surface area (TPSA) is 47.9 Å². The number of oxime groups is 1. The van der Waals surface area contributed by atoms with E-state index in [1.165, 1.54) is 0 Å². The van der Waals surface area contributed by atoms with Gasteiger partial charge in [0.25, 0.3) is 0 Å². The van der Waals surface area contributed by atoms with E-state index in [4.69, 9.17) is 16.0 Å². The van der Waals surface area contributed by atoms with Gasteiger partial charge in [-0.15, -0.1) is 6.42 Å². The average molecular weight is 291 g/mol. The van der Waals surface area contributed by atoms with Crippen LogP contribution in [0.25, 0.3) is 0 Å². The van der Waals surface area contributed by atoms with E-state index in [9.17, 15) is 4.79 Å². The minimum absolute atomic E-state index is 0.0862. The van der Waals surface area contributed by atoms with Crippen LogP contribution in [0.3, 0.4) is 0 Å². The van der Waals surface area contributed by atoms with Gasteiger partial charge in [-0.25, -0.2) is 0 Å². The molecule has 4 heteroatoms. The molecule has 1 aliphatic rings. The van der Waals surface area contributed by atoms with Crippen LogP contribution in [0.4, 0.5) is 0 Å². The van der Waals surface area contributed by atoms with E-state index >= 15 is 0 Å². The summed E-state index contributed by atoms with van der Waals surface area (Å²) in [7, 11) is 0. The first kappa shape index (κ1) is 17.3.